The van der Waals surface area contributed by atoms with Gasteiger partial charge in [-0.05, 0) is 36.6 Å². The molecule has 0 spiro atoms. The highest BCUT2D eigenvalue weighted by Gasteiger charge is 2.33. The standard InChI is InChI=1S/C22H23N3O3/c1-27-19-11-5-10-17(13-19)22-23-21(24-28-22)18-14-20(26)25(15-18)12-6-9-16-7-3-2-4-8-16/h2-5,7-8,10-11,13,18H,6,9,12,14-15H2,1H3. The van der Waals surface area contributed by atoms with E-state index < -0.39 is 0 Å². The number of carbonyl (C=O) groups is 1. The van der Waals surface area contributed by atoms with Crippen molar-refractivity contribution in [1.29, 1.82) is 0 Å². The van der Waals surface area contributed by atoms with Crippen molar-refractivity contribution >= 4 is 5.91 Å². The van der Waals surface area contributed by atoms with Crippen LogP contribution in [-0.2, 0) is 11.2 Å². The summed E-state index contributed by atoms with van der Waals surface area (Å²) in [7, 11) is 1.62. The van der Waals surface area contributed by atoms with Gasteiger partial charge in [0.15, 0.2) is 5.82 Å². The van der Waals surface area contributed by atoms with E-state index in [2.05, 4.69) is 22.3 Å². The maximum absolute atomic E-state index is 12.4. The second-order valence-electron chi connectivity index (χ2n) is 7.02. The van der Waals surface area contributed by atoms with Gasteiger partial charge in [-0.3, -0.25) is 4.79 Å². The summed E-state index contributed by atoms with van der Waals surface area (Å²) in [5.74, 6) is 1.91. The molecule has 1 unspecified atom stereocenters. The monoisotopic (exact) mass is 377 g/mol. The van der Waals surface area contributed by atoms with E-state index in [1.54, 1.807) is 7.11 Å². The van der Waals surface area contributed by atoms with Crippen LogP contribution in [0.2, 0.25) is 0 Å². The molecule has 2 heterocycles. The molecule has 6 nitrogen and oxygen atoms in total. The maximum Gasteiger partial charge on any atom is 0.258 e. The second kappa shape index (κ2) is 8.25. The number of benzene rings is 2. The molecule has 1 amide bonds. The summed E-state index contributed by atoms with van der Waals surface area (Å²) in [6, 6.07) is 17.8. The Kier molecular flexibility index (Phi) is 5.37. The Bertz CT molecular complexity index is 939. The summed E-state index contributed by atoms with van der Waals surface area (Å²) in [5, 5.41) is 4.12. The molecule has 0 aliphatic carbocycles. The van der Waals surface area contributed by atoms with Gasteiger partial charge in [-0.1, -0.05) is 41.6 Å². The number of aryl methyl sites for hydroxylation is 1. The molecule has 3 aromatic rings. The molecule has 1 aliphatic heterocycles. The number of amides is 1. The average molecular weight is 377 g/mol. The average Bonchev–Trinajstić information content (AvgIpc) is 3.36. The van der Waals surface area contributed by atoms with Crippen molar-refractivity contribution in [2.24, 2.45) is 0 Å². The quantitative estimate of drug-likeness (QED) is 0.628. The lowest BCUT2D eigenvalue weighted by Gasteiger charge is -2.15. The second-order valence-corrected chi connectivity index (χ2v) is 7.02. The molecule has 6 heteroatoms. The van der Waals surface area contributed by atoms with E-state index in [9.17, 15) is 4.79 Å². The number of hydrogen-bond acceptors (Lipinski definition) is 5. The fraction of sp³-hybridized carbons (Fsp3) is 0.318. The number of carbonyl (C=O) groups excluding carboxylic acids is 1. The minimum Gasteiger partial charge on any atom is -0.497 e. The van der Waals surface area contributed by atoms with Crippen LogP contribution >= 0.6 is 0 Å². The third-order valence-electron chi connectivity index (χ3n) is 5.07. The fourth-order valence-corrected chi connectivity index (χ4v) is 3.55. The third kappa shape index (κ3) is 4.06. The van der Waals surface area contributed by atoms with Gasteiger partial charge in [-0.25, -0.2) is 0 Å². The molecular formula is C22H23N3O3. The Hall–Kier alpha value is -3.15. The van der Waals surface area contributed by atoms with Crippen LogP contribution < -0.4 is 4.74 Å². The van der Waals surface area contributed by atoms with Crippen molar-refractivity contribution in [3.05, 3.63) is 66.0 Å². The van der Waals surface area contributed by atoms with Crippen molar-refractivity contribution in [1.82, 2.24) is 15.0 Å². The summed E-state index contributed by atoms with van der Waals surface area (Å²) in [5.41, 5.74) is 2.11. The molecule has 144 valence electrons. The molecule has 0 bridgehead atoms. The number of rotatable bonds is 7. The first-order valence-electron chi connectivity index (χ1n) is 9.52. The summed E-state index contributed by atoms with van der Waals surface area (Å²) < 4.78 is 10.7. The van der Waals surface area contributed by atoms with Crippen LogP contribution in [0.3, 0.4) is 0 Å². The first-order chi connectivity index (χ1) is 13.7. The van der Waals surface area contributed by atoms with Gasteiger partial charge < -0.3 is 14.2 Å². The molecule has 0 N–H and O–H groups in total. The molecule has 4 rings (SSSR count). The SMILES string of the molecule is COc1cccc(-c2nc(C3CC(=O)N(CCCc4ccccc4)C3)no2)c1. The third-order valence-corrected chi connectivity index (χ3v) is 5.07. The summed E-state index contributed by atoms with van der Waals surface area (Å²) >= 11 is 0. The van der Waals surface area contributed by atoms with E-state index in [0.717, 1.165) is 30.7 Å². The first-order valence-corrected chi connectivity index (χ1v) is 9.52. The molecule has 1 fully saturated rings. The Balaban J connectivity index is 1.36. The Morgan fingerprint density at radius 2 is 2.04 bits per heavy atom. The van der Waals surface area contributed by atoms with Gasteiger partial charge >= 0.3 is 0 Å². The Morgan fingerprint density at radius 1 is 1.18 bits per heavy atom. The number of methoxy groups -OCH3 is 1. The molecule has 0 radical (unpaired) electrons. The number of aromatic nitrogens is 2. The van der Waals surface area contributed by atoms with Gasteiger partial charge in [0, 0.05) is 31.0 Å². The predicted octanol–water partition coefficient (Wildman–Crippen LogP) is 3.69. The number of ether oxygens (including phenoxy) is 1. The van der Waals surface area contributed by atoms with Crippen LogP contribution in [0.15, 0.2) is 59.1 Å². The van der Waals surface area contributed by atoms with E-state index >= 15 is 0 Å². The zero-order chi connectivity index (χ0) is 19.3. The van der Waals surface area contributed by atoms with E-state index in [1.165, 1.54) is 5.56 Å². The molecule has 1 aromatic heterocycles. The lowest BCUT2D eigenvalue weighted by molar-refractivity contribution is -0.127. The van der Waals surface area contributed by atoms with E-state index in [1.807, 2.05) is 47.4 Å². The van der Waals surface area contributed by atoms with Crippen molar-refractivity contribution in [3.8, 4) is 17.2 Å². The van der Waals surface area contributed by atoms with Crippen LogP contribution in [0.1, 0.15) is 30.1 Å². The number of likely N-dealkylation sites (tertiary alicyclic amines) is 1. The molecule has 1 atom stereocenters. The van der Waals surface area contributed by atoms with Crippen molar-refractivity contribution < 1.29 is 14.1 Å². The Morgan fingerprint density at radius 3 is 2.86 bits per heavy atom. The minimum absolute atomic E-state index is 0.0210. The van der Waals surface area contributed by atoms with Gasteiger partial charge in [0.1, 0.15) is 5.75 Å². The topological polar surface area (TPSA) is 68.5 Å². The van der Waals surface area contributed by atoms with E-state index in [-0.39, 0.29) is 11.8 Å². The summed E-state index contributed by atoms with van der Waals surface area (Å²) in [6.45, 7) is 1.40. The zero-order valence-corrected chi connectivity index (χ0v) is 15.9. The number of nitrogens with zero attached hydrogens (tertiary/aromatic N) is 3. The van der Waals surface area contributed by atoms with Gasteiger partial charge in [0.25, 0.3) is 5.89 Å². The molecular weight excluding hydrogens is 354 g/mol. The van der Waals surface area contributed by atoms with Gasteiger partial charge in [-0.2, -0.15) is 4.98 Å². The zero-order valence-electron chi connectivity index (χ0n) is 15.9. The normalized spacial score (nSPS) is 16.5. The fourth-order valence-electron chi connectivity index (χ4n) is 3.55. The highest BCUT2D eigenvalue weighted by Crippen LogP contribution is 2.29. The minimum atomic E-state index is -0.0210. The largest absolute Gasteiger partial charge is 0.497 e. The van der Waals surface area contributed by atoms with Crippen LogP contribution in [0.4, 0.5) is 0 Å². The van der Waals surface area contributed by atoms with Crippen LogP contribution in [0, 0.1) is 0 Å². The van der Waals surface area contributed by atoms with Crippen LogP contribution in [0.25, 0.3) is 11.5 Å². The molecule has 2 aromatic carbocycles. The van der Waals surface area contributed by atoms with Crippen LogP contribution in [-0.4, -0.2) is 41.1 Å². The highest BCUT2D eigenvalue weighted by molar-refractivity contribution is 5.79. The molecule has 28 heavy (non-hydrogen) atoms. The van der Waals surface area contributed by atoms with Gasteiger partial charge in [-0.15, -0.1) is 0 Å². The van der Waals surface area contributed by atoms with Crippen LogP contribution in [0.5, 0.6) is 5.75 Å². The maximum atomic E-state index is 12.4. The first kappa shape index (κ1) is 18.2. The Labute approximate surface area is 164 Å². The lowest BCUT2D eigenvalue weighted by atomic mass is 10.1. The van der Waals surface area contributed by atoms with Gasteiger partial charge in [0.05, 0.1) is 7.11 Å². The highest BCUT2D eigenvalue weighted by atomic mass is 16.5. The van der Waals surface area contributed by atoms with Gasteiger partial charge in [0.2, 0.25) is 5.91 Å². The van der Waals surface area contributed by atoms with E-state index in [0.29, 0.717) is 24.7 Å². The smallest absolute Gasteiger partial charge is 0.258 e. The predicted molar refractivity (Wildman–Crippen MR) is 105 cm³/mol. The van der Waals surface area contributed by atoms with Crippen molar-refractivity contribution in [2.45, 2.75) is 25.2 Å². The summed E-state index contributed by atoms with van der Waals surface area (Å²) in [4.78, 5) is 18.8. The van der Waals surface area contributed by atoms with Crippen molar-refractivity contribution in [2.75, 3.05) is 20.2 Å². The molecule has 1 saturated heterocycles. The molecule has 1 aliphatic rings. The molecule has 0 saturated carbocycles. The van der Waals surface area contributed by atoms with E-state index in [4.69, 9.17) is 9.26 Å². The summed E-state index contributed by atoms with van der Waals surface area (Å²) in [6.07, 6.45) is 2.35. The lowest BCUT2D eigenvalue weighted by Crippen LogP contribution is -2.26. The van der Waals surface area contributed by atoms with Crippen molar-refractivity contribution in [3.63, 3.8) is 0 Å². The number of hydrogen-bond donors (Lipinski definition) is 0.